The van der Waals surface area contributed by atoms with Gasteiger partial charge in [0, 0.05) is 6.20 Å². The van der Waals surface area contributed by atoms with Gasteiger partial charge in [0.25, 0.3) is 0 Å². The quantitative estimate of drug-likeness (QED) is 0.607. The van der Waals surface area contributed by atoms with Crippen molar-refractivity contribution in [2.24, 2.45) is 5.14 Å². The largest absolute Gasteiger partial charge is 0.490 e. The van der Waals surface area contributed by atoms with E-state index in [1.54, 1.807) is 6.92 Å². The molecule has 0 amide bonds. The van der Waals surface area contributed by atoms with Gasteiger partial charge in [-0.25, -0.2) is 23.3 Å². The zero-order chi connectivity index (χ0) is 16.9. The molecule has 23 heavy (non-hydrogen) atoms. The molecule has 1 aromatic carbocycles. The van der Waals surface area contributed by atoms with Gasteiger partial charge >= 0.3 is 5.97 Å². The Morgan fingerprint density at radius 1 is 1.13 bits per heavy atom. The fourth-order valence-corrected chi connectivity index (χ4v) is 2.11. The Balaban J connectivity index is 1.79. The molecule has 9 heteroatoms. The van der Waals surface area contributed by atoms with Crippen LogP contribution in [-0.2, 0) is 14.8 Å². The molecule has 0 radical (unpaired) electrons. The summed E-state index contributed by atoms with van der Waals surface area (Å²) in [6, 6.07) is 5.59. The van der Waals surface area contributed by atoms with Crippen molar-refractivity contribution in [1.82, 2.24) is 9.97 Å². The summed E-state index contributed by atoms with van der Waals surface area (Å²) in [5.41, 5.74) is 0.820. The average molecular weight is 337 g/mol. The molecule has 2 rings (SSSR count). The van der Waals surface area contributed by atoms with E-state index in [4.69, 9.17) is 14.6 Å². The molecule has 1 heterocycles. The molecule has 2 N–H and O–H groups in total. The number of rotatable bonds is 6. The molecule has 0 fully saturated rings. The number of sulfonamides is 1. The van der Waals surface area contributed by atoms with Crippen molar-refractivity contribution in [2.45, 2.75) is 11.8 Å². The highest BCUT2D eigenvalue weighted by atomic mass is 32.2. The summed E-state index contributed by atoms with van der Waals surface area (Å²) in [5, 5.41) is 4.99. The summed E-state index contributed by atoms with van der Waals surface area (Å²) in [5.74, 6) is -0.158. The third kappa shape index (κ3) is 5.01. The van der Waals surface area contributed by atoms with Crippen LogP contribution >= 0.6 is 0 Å². The Hall–Kier alpha value is -2.52. The van der Waals surface area contributed by atoms with E-state index in [1.807, 2.05) is 0 Å². The van der Waals surface area contributed by atoms with Crippen molar-refractivity contribution in [3.8, 4) is 5.75 Å². The van der Waals surface area contributed by atoms with E-state index in [0.29, 0.717) is 11.4 Å². The number of nitrogens with zero attached hydrogens (tertiary/aromatic N) is 2. The molecule has 8 nitrogen and oxygen atoms in total. The van der Waals surface area contributed by atoms with E-state index in [2.05, 4.69) is 9.97 Å². The van der Waals surface area contributed by atoms with Crippen LogP contribution < -0.4 is 9.88 Å². The third-order valence-corrected chi connectivity index (χ3v) is 3.66. The minimum Gasteiger partial charge on any atom is -0.490 e. The molecule has 0 aliphatic heterocycles. The van der Waals surface area contributed by atoms with Gasteiger partial charge < -0.3 is 9.47 Å². The second-order valence-electron chi connectivity index (χ2n) is 4.54. The highest BCUT2D eigenvalue weighted by Crippen LogP contribution is 2.14. The minimum absolute atomic E-state index is 0.00535. The number of ether oxygens (including phenoxy) is 2. The van der Waals surface area contributed by atoms with Gasteiger partial charge in [-0.1, -0.05) is 0 Å². The number of esters is 1. The standard InChI is InChI=1S/C14H15N3O5S/c1-10-8-17-13(9-16-10)14(18)22-7-6-21-11-2-4-12(5-3-11)23(15,19)20/h2-5,8-9H,6-7H2,1H3,(H2,15,19,20). The topological polar surface area (TPSA) is 121 Å². The van der Waals surface area contributed by atoms with Crippen LogP contribution in [0, 0.1) is 6.92 Å². The number of aromatic nitrogens is 2. The zero-order valence-corrected chi connectivity index (χ0v) is 13.1. The minimum atomic E-state index is -3.73. The Bertz CT molecular complexity index is 773. The van der Waals surface area contributed by atoms with Crippen molar-refractivity contribution in [2.75, 3.05) is 13.2 Å². The van der Waals surface area contributed by atoms with Crippen LogP contribution in [0.25, 0.3) is 0 Å². The van der Waals surface area contributed by atoms with Crippen molar-refractivity contribution in [3.63, 3.8) is 0 Å². The molecule has 0 aliphatic carbocycles. The van der Waals surface area contributed by atoms with Crippen LogP contribution in [0.3, 0.4) is 0 Å². The first-order chi connectivity index (χ1) is 10.9. The summed E-state index contributed by atoms with van der Waals surface area (Å²) in [4.78, 5) is 19.5. The number of hydrogen-bond acceptors (Lipinski definition) is 7. The number of primary sulfonamides is 1. The maximum atomic E-state index is 11.7. The Morgan fingerprint density at radius 3 is 2.39 bits per heavy atom. The summed E-state index contributed by atoms with van der Waals surface area (Å²) in [7, 11) is -3.73. The molecule has 0 bridgehead atoms. The predicted molar refractivity (Wildman–Crippen MR) is 80.4 cm³/mol. The van der Waals surface area contributed by atoms with Crippen molar-refractivity contribution < 1.29 is 22.7 Å². The van der Waals surface area contributed by atoms with Crippen molar-refractivity contribution in [1.29, 1.82) is 0 Å². The van der Waals surface area contributed by atoms with Crippen LogP contribution in [0.4, 0.5) is 0 Å². The lowest BCUT2D eigenvalue weighted by molar-refractivity contribution is 0.0443. The maximum Gasteiger partial charge on any atom is 0.358 e. The summed E-state index contributed by atoms with van der Waals surface area (Å²) >= 11 is 0. The zero-order valence-electron chi connectivity index (χ0n) is 12.3. The molecule has 1 aromatic heterocycles. The normalized spacial score (nSPS) is 11.0. The Labute approximate surface area is 133 Å². The van der Waals surface area contributed by atoms with E-state index in [1.165, 1.54) is 36.7 Å². The van der Waals surface area contributed by atoms with E-state index < -0.39 is 16.0 Å². The first-order valence-corrected chi connectivity index (χ1v) is 8.12. The van der Waals surface area contributed by atoms with Gasteiger partial charge in [-0.15, -0.1) is 0 Å². The molecule has 0 spiro atoms. The molecular formula is C14H15N3O5S. The second kappa shape index (κ2) is 7.16. The first kappa shape index (κ1) is 16.8. The number of carbonyl (C=O) groups excluding carboxylic acids is 1. The number of carbonyl (C=O) groups is 1. The van der Waals surface area contributed by atoms with Gasteiger partial charge in [-0.2, -0.15) is 0 Å². The smallest absolute Gasteiger partial charge is 0.358 e. The van der Waals surface area contributed by atoms with Crippen LogP contribution in [0.15, 0.2) is 41.6 Å². The van der Waals surface area contributed by atoms with Gasteiger partial charge in [-0.05, 0) is 31.2 Å². The predicted octanol–water partition coefficient (Wildman–Crippen LogP) is 0.668. The van der Waals surface area contributed by atoms with Crippen LogP contribution in [-0.4, -0.2) is 37.6 Å². The highest BCUT2D eigenvalue weighted by Gasteiger charge is 2.09. The van der Waals surface area contributed by atoms with Crippen LogP contribution in [0.5, 0.6) is 5.75 Å². The molecule has 0 saturated carbocycles. The molecule has 2 aromatic rings. The Kier molecular flexibility index (Phi) is 5.24. The van der Waals surface area contributed by atoms with Crippen molar-refractivity contribution in [3.05, 3.63) is 48.0 Å². The van der Waals surface area contributed by atoms with Gasteiger partial charge in [0.1, 0.15) is 19.0 Å². The van der Waals surface area contributed by atoms with Crippen molar-refractivity contribution >= 4 is 16.0 Å². The van der Waals surface area contributed by atoms with Gasteiger partial charge in [-0.3, -0.25) is 4.98 Å². The number of benzene rings is 1. The van der Waals surface area contributed by atoms with Gasteiger partial charge in [0.05, 0.1) is 16.8 Å². The molecule has 0 aliphatic rings. The van der Waals surface area contributed by atoms with E-state index in [-0.39, 0.29) is 23.8 Å². The second-order valence-corrected chi connectivity index (χ2v) is 6.11. The molecule has 0 atom stereocenters. The fraction of sp³-hybridized carbons (Fsp3) is 0.214. The van der Waals surface area contributed by atoms with E-state index in [9.17, 15) is 13.2 Å². The molecule has 0 saturated heterocycles. The lowest BCUT2D eigenvalue weighted by atomic mass is 10.3. The highest BCUT2D eigenvalue weighted by molar-refractivity contribution is 7.89. The average Bonchev–Trinajstić information content (AvgIpc) is 2.51. The summed E-state index contributed by atoms with van der Waals surface area (Å²) < 4.78 is 32.5. The lowest BCUT2D eigenvalue weighted by Gasteiger charge is -2.07. The summed E-state index contributed by atoms with van der Waals surface area (Å²) in [6.45, 7) is 1.89. The molecule has 122 valence electrons. The number of aryl methyl sites for hydroxylation is 1. The molecular weight excluding hydrogens is 322 g/mol. The third-order valence-electron chi connectivity index (χ3n) is 2.73. The lowest BCUT2D eigenvalue weighted by Crippen LogP contribution is -2.14. The Morgan fingerprint density at radius 2 is 1.83 bits per heavy atom. The number of nitrogens with two attached hydrogens (primary N) is 1. The summed E-state index contributed by atoms with van der Waals surface area (Å²) in [6.07, 6.45) is 2.81. The van der Waals surface area contributed by atoms with E-state index >= 15 is 0 Å². The van der Waals surface area contributed by atoms with Crippen LogP contribution in [0.1, 0.15) is 16.2 Å². The van der Waals surface area contributed by atoms with E-state index in [0.717, 1.165) is 0 Å². The number of hydrogen-bond donors (Lipinski definition) is 1. The fourth-order valence-electron chi connectivity index (χ4n) is 1.59. The van der Waals surface area contributed by atoms with Gasteiger partial charge in [0.2, 0.25) is 10.0 Å². The van der Waals surface area contributed by atoms with Gasteiger partial charge in [0.15, 0.2) is 5.69 Å². The maximum absolute atomic E-state index is 11.7. The van der Waals surface area contributed by atoms with Crippen LogP contribution in [0.2, 0.25) is 0 Å². The first-order valence-electron chi connectivity index (χ1n) is 6.58. The molecule has 0 unspecified atom stereocenters. The SMILES string of the molecule is Cc1cnc(C(=O)OCCOc2ccc(S(N)(=O)=O)cc2)cn1. The monoisotopic (exact) mass is 337 g/mol.